The molecule has 4 heteroatoms. The quantitative estimate of drug-likeness (QED) is 0.941. The maximum atomic E-state index is 4.34. The highest BCUT2D eigenvalue weighted by Crippen LogP contribution is 2.21. The van der Waals surface area contributed by atoms with Gasteiger partial charge in [-0.2, -0.15) is 0 Å². The topological polar surface area (TPSA) is 37.8 Å². The highest BCUT2D eigenvalue weighted by molar-refractivity contribution is 9.10. The van der Waals surface area contributed by atoms with Gasteiger partial charge in [-0.25, -0.2) is 4.98 Å². The first-order valence-corrected chi connectivity index (χ1v) is 6.21. The number of nitrogens with zero attached hydrogens (tertiary/aromatic N) is 2. The van der Waals surface area contributed by atoms with E-state index >= 15 is 0 Å². The predicted molar refractivity (Wildman–Crippen MR) is 73.0 cm³/mol. The van der Waals surface area contributed by atoms with Crippen LogP contribution in [0.1, 0.15) is 16.7 Å². The first-order chi connectivity index (χ1) is 8.16. The van der Waals surface area contributed by atoms with Gasteiger partial charge in [-0.3, -0.25) is 4.98 Å². The fourth-order valence-corrected chi connectivity index (χ4v) is 2.13. The molecule has 0 spiro atoms. The van der Waals surface area contributed by atoms with E-state index in [9.17, 15) is 0 Å². The molecule has 3 nitrogen and oxygen atoms in total. The number of aryl methyl sites for hydroxylation is 2. The lowest BCUT2D eigenvalue weighted by Crippen LogP contribution is -2.04. The van der Waals surface area contributed by atoms with Crippen molar-refractivity contribution in [3.8, 4) is 0 Å². The molecule has 2 rings (SSSR count). The number of pyridine rings is 2. The Morgan fingerprint density at radius 2 is 2.12 bits per heavy atom. The summed E-state index contributed by atoms with van der Waals surface area (Å²) in [5, 5.41) is 3.30. The summed E-state index contributed by atoms with van der Waals surface area (Å²) < 4.78 is 0.985. The molecule has 17 heavy (non-hydrogen) atoms. The Bertz CT molecular complexity index is 526. The summed E-state index contributed by atoms with van der Waals surface area (Å²) >= 11 is 3.50. The standard InChI is InChI=1S/C13H14BrN3/c1-9-5-12(14)13(16-6-9)17-8-11-7-15-4-3-10(11)2/h3-7H,8H2,1-2H3,(H,16,17). The molecule has 0 aliphatic heterocycles. The van der Waals surface area contributed by atoms with E-state index in [0.29, 0.717) is 0 Å². The minimum Gasteiger partial charge on any atom is -0.365 e. The number of hydrogen-bond acceptors (Lipinski definition) is 3. The molecule has 0 fully saturated rings. The molecule has 2 aromatic rings. The van der Waals surface area contributed by atoms with Crippen molar-refractivity contribution in [2.24, 2.45) is 0 Å². The Morgan fingerprint density at radius 1 is 1.29 bits per heavy atom. The largest absolute Gasteiger partial charge is 0.365 e. The fourth-order valence-electron chi connectivity index (χ4n) is 1.52. The molecule has 0 saturated carbocycles. The number of rotatable bonds is 3. The number of anilines is 1. The lowest BCUT2D eigenvalue weighted by Gasteiger charge is -2.09. The van der Waals surface area contributed by atoms with Gasteiger partial charge in [0.15, 0.2) is 0 Å². The van der Waals surface area contributed by atoms with Crippen molar-refractivity contribution < 1.29 is 0 Å². The highest BCUT2D eigenvalue weighted by atomic mass is 79.9. The van der Waals surface area contributed by atoms with Crippen molar-refractivity contribution in [1.82, 2.24) is 9.97 Å². The molecule has 0 radical (unpaired) electrons. The van der Waals surface area contributed by atoms with Crippen molar-refractivity contribution in [1.29, 1.82) is 0 Å². The van der Waals surface area contributed by atoms with E-state index in [0.717, 1.165) is 22.4 Å². The van der Waals surface area contributed by atoms with Crippen LogP contribution in [0.2, 0.25) is 0 Å². The minimum absolute atomic E-state index is 0.730. The third-order valence-electron chi connectivity index (χ3n) is 2.57. The van der Waals surface area contributed by atoms with Crippen molar-refractivity contribution in [2.45, 2.75) is 20.4 Å². The normalized spacial score (nSPS) is 10.3. The molecule has 2 heterocycles. The van der Waals surface area contributed by atoms with E-state index in [1.165, 1.54) is 11.1 Å². The molecule has 2 aromatic heterocycles. The summed E-state index contributed by atoms with van der Waals surface area (Å²) in [6, 6.07) is 4.06. The van der Waals surface area contributed by atoms with Crippen molar-refractivity contribution >= 4 is 21.7 Å². The lowest BCUT2D eigenvalue weighted by atomic mass is 10.1. The summed E-state index contributed by atoms with van der Waals surface area (Å²) in [5.41, 5.74) is 3.55. The van der Waals surface area contributed by atoms with Crippen molar-refractivity contribution in [2.75, 3.05) is 5.32 Å². The van der Waals surface area contributed by atoms with Crippen LogP contribution >= 0.6 is 15.9 Å². The third kappa shape index (κ3) is 3.03. The van der Waals surface area contributed by atoms with E-state index < -0.39 is 0 Å². The molecular weight excluding hydrogens is 278 g/mol. The van der Waals surface area contributed by atoms with E-state index in [4.69, 9.17) is 0 Å². The first kappa shape index (κ1) is 12.0. The second kappa shape index (κ2) is 5.27. The van der Waals surface area contributed by atoms with Crippen LogP contribution in [0.15, 0.2) is 35.2 Å². The number of nitrogens with one attached hydrogen (secondary N) is 1. The fraction of sp³-hybridized carbons (Fsp3) is 0.231. The molecule has 88 valence electrons. The number of halogens is 1. The lowest BCUT2D eigenvalue weighted by molar-refractivity contribution is 1.06. The smallest absolute Gasteiger partial charge is 0.140 e. The van der Waals surface area contributed by atoms with Gasteiger partial charge in [0.2, 0.25) is 0 Å². The van der Waals surface area contributed by atoms with E-state index in [2.05, 4.69) is 38.1 Å². The molecule has 0 amide bonds. The summed E-state index contributed by atoms with van der Waals surface area (Å²) in [6.45, 7) is 4.83. The van der Waals surface area contributed by atoms with Crippen molar-refractivity contribution in [3.63, 3.8) is 0 Å². The van der Waals surface area contributed by atoms with E-state index in [1.54, 1.807) is 6.20 Å². The van der Waals surface area contributed by atoms with Crippen LogP contribution in [0, 0.1) is 13.8 Å². The van der Waals surface area contributed by atoms with Gasteiger partial charge < -0.3 is 5.32 Å². The van der Waals surface area contributed by atoms with Crippen LogP contribution in [-0.4, -0.2) is 9.97 Å². The van der Waals surface area contributed by atoms with Crippen LogP contribution in [0.4, 0.5) is 5.82 Å². The second-order valence-electron chi connectivity index (χ2n) is 4.00. The number of hydrogen-bond donors (Lipinski definition) is 1. The average molecular weight is 292 g/mol. The molecule has 0 aliphatic carbocycles. The first-order valence-electron chi connectivity index (χ1n) is 5.42. The molecule has 0 saturated heterocycles. The molecule has 0 unspecified atom stereocenters. The summed E-state index contributed by atoms with van der Waals surface area (Å²) in [4.78, 5) is 8.47. The molecular formula is C13H14BrN3. The average Bonchev–Trinajstić information content (AvgIpc) is 2.30. The Kier molecular flexibility index (Phi) is 3.74. The zero-order valence-corrected chi connectivity index (χ0v) is 11.5. The summed E-state index contributed by atoms with van der Waals surface area (Å²) in [6.07, 6.45) is 5.53. The second-order valence-corrected chi connectivity index (χ2v) is 4.85. The Labute approximate surface area is 109 Å². The Balaban J connectivity index is 2.10. The maximum Gasteiger partial charge on any atom is 0.140 e. The molecule has 0 atom stereocenters. The highest BCUT2D eigenvalue weighted by Gasteiger charge is 2.02. The molecule has 1 N–H and O–H groups in total. The van der Waals surface area contributed by atoms with Gasteiger partial charge >= 0.3 is 0 Å². The molecule has 0 aliphatic rings. The van der Waals surface area contributed by atoms with Crippen LogP contribution in [-0.2, 0) is 6.54 Å². The molecule has 0 bridgehead atoms. The third-order valence-corrected chi connectivity index (χ3v) is 3.18. The van der Waals surface area contributed by atoms with Gasteiger partial charge in [-0.05, 0) is 58.6 Å². The van der Waals surface area contributed by atoms with Gasteiger partial charge in [0, 0.05) is 25.1 Å². The Morgan fingerprint density at radius 3 is 2.82 bits per heavy atom. The maximum absolute atomic E-state index is 4.34. The zero-order valence-electron chi connectivity index (χ0n) is 9.87. The summed E-state index contributed by atoms with van der Waals surface area (Å²) in [7, 11) is 0. The van der Waals surface area contributed by atoms with Crippen LogP contribution < -0.4 is 5.32 Å². The van der Waals surface area contributed by atoms with Crippen LogP contribution in [0.3, 0.4) is 0 Å². The Hall–Kier alpha value is -1.42. The monoisotopic (exact) mass is 291 g/mol. The minimum atomic E-state index is 0.730. The van der Waals surface area contributed by atoms with Gasteiger partial charge in [-0.1, -0.05) is 0 Å². The van der Waals surface area contributed by atoms with Gasteiger partial charge in [0.05, 0.1) is 4.47 Å². The van der Waals surface area contributed by atoms with Crippen molar-refractivity contribution in [3.05, 3.63) is 51.9 Å². The molecule has 0 aromatic carbocycles. The SMILES string of the molecule is Cc1cnc(NCc2cnccc2C)c(Br)c1. The van der Waals surface area contributed by atoms with Gasteiger partial charge in [0.1, 0.15) is 5.82 Å². The number of aromatic nitrogens is 2. The summed E-state index contributed by atoms with van der Waals surface area (Å²) in [5.74, 6) is 0.860. The van der Waals surface area contributed by atoms with E-state index in [1.807, 2.05) is 31.5 Å². The van der Waals surface area contributed by atoms with Crippen LogP contribution in [0.5, 0.6) is 0 Å². The zero-order chi connectivity index (χ0) is 12.3. The van der Waals surface area contributed by atoms with Gasteiger partial charge in [0.25, 0.3) is 0 Å². The van der Waals surface area contributed by atoms with Crippen LogP contribution in [0.25, 0.3) is 0 Å². The predicted octanol–water partition coefficient (Wildman–Crippen LogP) is 3.47. The van der Waals surface area contributed by atoms with Gasteiger partial charge in [-0.15, -0.1) is 0 Å². The van der Waals surface area contributed by atoms with E-state index in [-0.39, 0.29) is 0 Å².